The maximum Gasteiger partial charge on any atom is 0.269 e. The van der Waals surface area contributed by atoms with Crippen LogP contribution in [0, 0.1) is 17.0 Å². The summed E-state index contributed by atoms with van der Waals surface area (Å²) >= 11 is 0. The van der Waals surface area contributed by atoms with Crippen LogP contribution in [0.4, 0.5) is 11.4 Å². The minimum Gasteiger partial charge on any atom is -0.324 e. The molecule has 1 aliphatic heterocycles. The van der Waals surface area contributed by atoms with Crippen LogP contribution >= 0.6 is 0 Å². The second-order valence-corrected chi connectivity index (χ2v) is 6.35. The summed E-state index contributed by atoms with van der Waals surface area (Å²) in [5.41, 5.74) is 2.50. The lowest BCUT2D eigenvalue weighted by Crippen LogP contribution is -2.35. The van der Waals surface area contributed by atoms with Gasteiger partial charge in [0.2, 0.25) is 5.91 Å². The van der Waals surface area contributed by atoms with E-state index in [0.29, 0.717) is 5.56 Å². The lowest BCUT2D eigenvalue weighted by atomic mass is 10.0. The van der Waals surface area contributed by atoms with Gasteiger partial charge in [-0.25, -0.2) is 0 Å². The third kappa shape index (κ3) is 4.03. The van der Waals surface area contributed by atoms with E-state index in [4.69, 9.17) is 0 Å². The molecule has 6 heteroatoms. The van der Waals surface area contributed by atoms with Crippen molar-refractivity contribution in [1.29, 1.82) is 0 Å². The molecule has 0 aromatic heterocycles. The smallest absolute Gasteiger partial charge is 0.269 e. The summed E-state index contributed by atoms with van der Waals surface area (Å²) in [4.78, 5) is 25.7. The number of non-ortho nitro benzene ring substituents is 1. The van der Waals surface area contributed by atoms with Gasteiger partial charge in [0.25, 0.3) is 5.69 Å². The Kier molecular flexibility index (Phi) is 5.09. The largest absolute Gasteiger partial charge is 0.324 e. The summed E-state index contributed by atoms with van der Waals surface area (Å²) in [6.45, 7) is 3.62. The van der Waals surface area contributed by atoms with Gasteiger partial charge in [0.15, 0.2) is 0 Å². The van der Waals surface area contributed by atoms with Gasteiger partial charge < -0.3 is 5.32 Å². The Balaban J connectivity index is 1.89. The quantitative estimate of drug-likeness (QED) is 0.666. The second-order valence-electron chi connectivity index (χ2n) is 6.35. The fourth-order valence-corrected chi connectivity index (χ4v) is 3.18. The number of benzene rings is 2. The van der Waals surface area contributed by atoms with E-state index in [0.717, 1.165) is 37.2 Å². The molecular formula is C19H21N3O3. The van der Waals surface area contributed by atoms with E-state index in [-0.39, 0.29) is 11.6 Å². The van der Waals surface area contributed by atoms with Gasteiger partial charge in [-0.15, -0.1) is 0 Å². The molecular weight excluding hydrogens is 318 g/mol. The highest BCUT2D eigenvalue weighted by atomic mass is 16.6. The van der Waals surface area contributed by atoms with Crippen molar-refractivity contribution in [2.75, 3.05) is 18.4 Å². The van der Waals surface area contributed by atoms with E-state index in [1.807, 2.05) is 31.2 Å². The molecule has 1 heterocycles. The summed E-state index contributed by atoms with van der Waals surface area (Å²) < 4.78 is 0. The molecule has 25 heavy (non-hydrogen) atoms. The van der Waals surface area contributed by atoms with Crippen LogP contribution < -0.4 is 5.32 Å². The molecule has 1 saturated heterocycles. The first kappa shape index (κ1) is 17.1. The first-order valence-corrected chi connectivity index (χ1v) is 8.40. The number of nitro benzene ring substituents is 1. The van der Waals surface area contributed by atoms with Crippen LogP contribution in [0.5, 0.6) is 0 Å². The highest BCUT2D eigenvalue weighted by Crippen LogP contribution is 2.29. The number of anilines is 1. The van der Waals surface area contributed by atoms with Crippen molar-refractivity contribution in [2.24, 2.45) is 0 Å². The fourth-order valence-electron chi connectivity index (χ4n) is 3.18. The van der Waals surface area contributed by atoms with Crippen LogP contribution in [0.15, 0.2) is 48.5 Å². The van der Waals surface area contributed by atoms with Crippen LogP contribution in [0.2, 0.25) is 0 Å². The molecule has 0 aliphatic carbocycles. The van der Waals surface area contributed by atoms with E-state index in [2.05, 4.69) is 10.2 Å². The number of hydrogen-bond acceptors (Lipinski definition) is 4. The third-order valence-corrected chi connectivity index (χ3v) is 4.47. The summed E-state index contributed by atoms with van der Waals surface area (Å²) in [7, 11) is 0. The molecule has 1 aliphatic rings. The number of nitrogens with zero attached hydrogens (tertiary/aromatic N) is 2. The number of rotatable bonds is 5. The van der Waals surface area contributed by atoms with Gasteiger partial charge >= 0.3 is 0 Å². The maximum atomic E-state index is 12.9. The molecule has 1 atom stereocenters. The standard InChI is InChI=1S/C19H21N3O3/c1-14-7-9-16(10-8-14)20-19(23)18(21-11-2-3-12-21)15-5-4-6-17(13-15)22(24)25/h4-10,13,18H,2-3,11-12H2,1H3,(H,20,23)/t18-/m1/s1. The number of hydrogen-bond donors (Lipinski definition) is 1. The molecule has 2 aromatic carbocycles. The van der Waals surface area contributed by atoms with Crippen molar-refractivity contribution < 1.29 is 9.72 Å². The minimum atomic E-state index is -0.524. The highest BCUT2D eigenvalue weighted by Gasteiger charge is 2.30. The van der Waals surface area contributed by atoms with Crippen LogP contribution in [-0.4, -0.2) is 28.8 Å². The van der Waals surface area contributed by atoms with Crippen molar-refractivity contribution in [3.63, 3.8) is 0 Å². The molecule has 1 amide bonds. The number of nitro groups is 1. The SMILES string of the molecule is Cc1ccc(NC(=O)[C@@H](c2cccc([N+](=O)[O-])c2)N2CCCC2)cc1. The maximum absolute atomic E-state index is 12.9. The van der Waals surface area contributed by atoms with Gasteiger partial charge in [0, 0.05) is 17.8 Å². The van der Waals surface area contributed by atoms with Gasteiger partial charge in [-0.1, -0.05) is 29.8 Å². The zero-order valence-corrected chi connectivity index (χ0v) is 14.1. The van der Waals surface area contributed by atoms with Crippen LogP contribution in [0.1, 0.15) is 30.0 Å². The first-order valence-electron chi connectivity index (χ1n) is 8.40. The van der Waals surface area contributed by atoms with E-state index >= 15 is 0 Å². The molecule has 1 fully saturated rings. The normalized spacial score (nSPS) is 15.7. The molecule has 6 nitrogen and oxygen atoms in total. The second kappa shape index (κ2) is 7.44. The molecule has 0 spiro atoms. The van der Waals surface area contributed by atoms with E-state index in [1.165, 1.54) is 12.1 Å². The minimum absolute atomic E-state index is 0.00447. The number of likely N-dealkylation sites (tertiary alicyclic amines) is 1. The molecule has 0 unspecified atom stereocenters. The lowest BCUT2D eigenvalue weighted by molar-refractivity contribution is -0.384. The van der Waals surface area contributed by atoms with Crippen LogP contribution in [-0.2, 0) is 4.79 Å². The summed E-state index contributed by atoms with van der Waals surface area (Å²) in [6.07, 6.45) is 2.06. The Morgan fingerprint density at radius 3 is 2.48 bits per heavy atom. The van der Waals surface area contributed by atoms with Gasteiger partial charge in [-0.3, -0.25) is 19.8 Å². The summed E-state index contributed by atoms with van der Waals surface area (Å²) in [6, 6.07) is 13.4. The Morgan fingerprint density at radius 2 is 1.84 bits per heavy atom. The first-order chi connectivity index (χ1) is 12.0. The zero-order valence-electron chi connectivity index (χ0n) is 14.1. The summed E-state index contributed by atoms with van der Waals surface area (Å²) in [5.74, 6) is -0.161. The molecule has 0 saturated carbocycles. The Labute approximate surface area is 146 Å². The molecule has 130 valence electrons. The Morgan fingerprint density at radius 1 is 1.16 bits per heavy atom. The van der Waals surface area contributed by atoms with Crippen LogP contribution in [0.3, 0.4) is 0 Å². The van der Waals surface area contributed by atoms with Crippen molar-refractivity contribution in [3.05, 3.63) is 69.8 Å². The van der Waals surface area contributed by atoms with Gasteiger partial charge in [-0.05, 0) is 50.6 Å². The van der Waals surface area contributed by atoms with Crippen molar-refractivity contribution in [1.82, 2.24) is 4.90 Å². The van der Waals surface area contributed by atoms with Crippen molar-refractivity contribution >= 4 is 17.3 Å². The van der Waals surface area contributed by atoms with Gasteiger partial charge in [0.05, 0.1) is 4.92 Å². The Bertz CT molecular complexity index is 768. The number of amides is 1. The number of aryl methyl sites for hydroxylation is 1. The number of carbonyl (C=O) groups excluding carboxylic acids is 1. The Hall–Kier alpha value is -2.73. The van der Waals surface area contributed by atoms with Gasteiger partial charge in [0.1, 0.15) is 6.04 Å². The average molecular weight is 339 g/mol. The van der Waals surface area contributed by atoms with E-state index in [9.17, 15) is 14.9 Å². The molecule has 2 aromatic rings. The van der Waals surface area contributed by atoms with Crippen molar-refractivity contribution in [2.45, 2.75) is 25.8 Å². The number of nitrogens with one attached hydrogen (secondary N) is 1. The molecule has 0 radical (unpaired) electrons. The topological polar surface area (TPSA) is 75.5 Å². The fraction of sp³-hybridized carbons (Fsp3) is 0.316. The zero-order chi connectivity index (χ0) is 17.8. The predicted octanol–water partition coefficient (Wildman–Crippen LogP) is 3.68. The lowest BCUT2D eigenvalue weighted by Gasteiger charge is -2.26. The predicted molar refractivity (Wildman–Crippen MR) is 96.5 cm³/mol. The summed E-state index contributed by atoms with van der Waals surface area (Å²) in [5, 5.41) is 14.0. The monoisotopic (exact) mass is 339 g/mol. The van der Waals surface area contributed by atoms with Crippen molar-refractivity contribution in [3.8, 4) is 0 Å². The number of carbonyl (C=O) groups is 1. The average Bonchev–Trinajstić information content (AvgIpc) is 3.11. The van der Waals surface area contributed by atoms with Gasteiger partial charge in [-0.2, -0.15) is 0 Å². The highest BCUT2D eigenvalue weighted by molar-refractivity contribution is 5.95. The molecule has 1 N–H and O–H groups in total. The molecule has 0 bridgehead atoms. The van der Waals surface area contributed by atoms with E-state index < -0.39 is 11.0 Å². The van der Waals surface area contributed by atoms with E-state index in [1.54, 1.807) is 12.1 Å². The third-order valence-electron chi connectivity index (χ3n) is 4.47. The van der Waals surface area contributed by atoms with Crippen LogP contribution in [0.25, 0.3) is 0 Å². The molecule has 3 rings (SSSR count).